The zero-order valence-corrected chi connectivity index (χ0v) is 17.7. The first-order chi connectivity index (χ1) is 15.0. The van der Waals surface area contributed by atoms with Crippen molar-refractivity contribution in [3.8, 4) is 0 Å². The van der Waals surface area contributed by atoms with Crippen molar-refractivity contribution in [1.82, 2.24) is 0 Å². The molecule has 0 aliphatic heterocycles. The Balaban J connectivity index is 3.11. The molecule has 176 valence electrons. The smallest absolute Gasteiger partial charge is 0.332 e. The second-order valence-electron chi connectivity index (χ2n) is 5.93. The Morgan fingerprint density at radius 3 is 1.67 bits per heavy atom. The van der Waals surface area contributed by atoms with Crippen LogP contribution in [0.2, 0.25) is 15.1 Å². The van der Waals surface area contributed by atoms with E-state index in [9.17, 15) is 53.6 Å². The highest BCUT2D eigenvalue weighted by Gasteiger charge is 2.44. The van der Waals surface area contributed by atoms with Crippen LogP contribution in [-0.2, 0) is 6.18 Å². The van der Waals surface area contributed by atoms with Crippen LogP contribution in [0.5, 0.6) is 0 Å². The zero-order chi connectivity index (χ0) is 25.6. The number of benzene rings is 2. The molecule has 0 aliphatic carbocycles. The molecule has 0 bridgehead atoms. The second kappa shape index (κ2) is 8.80. The van der Waals surface area contributed by atoms with Gasteiger partial charge in [0.15, 0.2) is 5.02 Å². The molecule has 2 aromatic carbocycles. The molecule has 0 atom stereocenters. The van der Waals surface area contributed by atoms with Crippen molar-refractivity contribution in [2.24, 2.45) is 0 Å². The minimum atomic E-state index is -5.43. The number of alkyl halides is 3. The van der Waals surface area contributed by atoms with E-state index in [2.05, 4.69) is 0 Å². The van der Waals surface area contributed by atoms with Crippen molar-refractivity contribution in [3.05, 3.63) is 73.2 Å². The molecule has 0 unspecified atom stereocenters. The van der Waals surface area contributed by atoms with Crippen LogP contribution in [0.3, 0.4) is 0 Å². The summed E-state index contributed by atoms with van der Waals surface area (Å²) in [5.41, 5.74) is -9.79. The fourth-order valence-electron chi connectivity index (χ4n) is 2.79. The average Bonchev–Trinajstić information content (AvgIpc) is 2.67. The molecule has 2 rings (SSSR count). The van der Waals surface area contributed by atoms with Gasteiger partial charge in [-0.05, 0) is 0 Å². The minimum absolute atomic E-state index is 0.0345. The number of nitro benzene ring substituents is 4. The number of hydrogen-bond donors (Lipinski definition) is 0. The average molecular weight is 535 g/mol. The Kier molecular flexibility index (Phi) is 6.87. The number of nitrogens with zero attached hydrogens (tertiary/aromatic N) is 5. The first-order valence-electron chi connectivity index (χ1n) is 7.79. The van der Waals surface area contributed by atoms with Gasteiger partial charge in [0.2, 0.25) is 0 Å². The van der Waals surface area contributed by atoms with Crippen molar-refractivity contribution in [3.63, 3.8) is 0 Å². The third-order valence-electron chi connectivity index (χ3n) is 4.07. The van der Waals surface area contributed by atoms with Crippen molar-refractivity contribution in [2.75, 3.05) is 11.9 Å². The summed E-state index contributed by atoms with van der Waals surface area (Å²) in [4.78, 5) is 40.2. The number of non-ortho nitro benzene ring substituents is 1. The van der Waals surface area contributed by atoms with Crippen LogP contribution in [0.15, 0.2) is 12.1 Å². The molecular weight excluding hydrogens is 530 g/mol. The standard InChI is InChI=1S/C14H5Cl3F3N5O8/c1-21(12-8(16)7(15)11(24(30)31)9(17)13(12)25(32)33)10-5(14(18,19)20)2-4(22(26)27)3-6(10)23(28)29/h2-3H,1H3. The maximum atomic E-state index is 13.7. The van der Waals surface area contributed by atoms with Crippen LogP contribution in [-0.4, -0.2) is 26.7 Å². The van der Waals surface area contributed by atoms with E-state index < -0.39 is 80.6 Å². The lowest BCUT2D eigenvalue weighted by Crippen LogP contribution is -2.20. The summed E-state index contributed by atoms with van der Waals surface area (Å²) < 4.78 is 41.2. The van der Waals surface area contributed by atoms with Gasteiger partial charge < -0.3 is 4.90 Å². The summed E-state index contributed by atoms with van der Waals surface area (Å²) in [6.07, 6.45) is -5.43. The lowest BCUT2D eigenvalue weighted by Gasteiger charge is -2.24. The van der Waals surface area contributed by atoms with Crippen molar-refractivity contribution >= 4 is 68.9 Å². The molecule has 0 heterocycles. The van der Waals surface area contributed by atoms with E-state index in [1.54, 1.807) is 0 Å². The van der Waals surface area contributed by atoms with Gasteiger partial charge in [-0.3, -0.25) is 40.5 Å². The van der Waals surface area contributed by atoms with E-state index in [1.807, 2.05) is 0 Å². The predicted molar refractivity (Wildman–Crippen MR) is 108 cm³/mol. The van der Waals surface area contributed by atoms with Crippen LogP contribution in [0.1, 0.15) is 5.56 Å². The van der Waals surface area contributed by atoms with Gasteiger partial charge in [-0.15, -0.1) is 0 Å². The molecule has 0 spiro atoms. The third-order valence-corrected chi connectivity index (χ3v) is 5.26. The molecule has 0 fully saturated rings. The van der Waals surface area contributed by atoms with Crippen LogP contribution < -0.4 is 4.90 Å². The highest BCUT2D eigenvalue weighted by molar-refractivity contribution is 6.48. The van der Waals surface area contributed by atoms with Crippen molar-refractivity contribution in [2.45, 2.75) is 6.18 Å². The second-order valence-corrected chi connectivity index (χ2v) is 7.07. The van der Waals surface area contributed by atoms with E-state index in [0.717, 1.165) is 0 Å². The molecule has 0 aliphatic rings. The van der Waals surface area contributed by atoms with Gasteiger partial charge in [-0.25, -0.2) is 0 Å². The van der Waals surface area contributed by atoms with E-state index in [-0.39, 0.29) is 17.0 Å². The van der Waals surface area contributed by atoms with Gasteiger partial charge >= 0.3 is 17.6 Å². The summed E-state index contributed by atoms with van der Waals surface area (Å²) in [5, 5.41) is 42.0. The Morgan fingerprint density at radius 2 is 1.27 bits per heavy atom. The molecular formula is C14H5Cl3F3N5O8. The largest absolute Gasteiger partial charge is 0.418 e. The fourth-order valence-corrected chi connectivity index (χ4v) is 3.72. The van der Waals surface area contributed by atoms with E-state index in [0.29, 0.717) is 7.05 Å². The monoisotopic (exact) mass is 533 g/mol. The van der Waals surface area contributed by atoms with Gasteiger partial charge in [0.1, 0.15) is 16.4 Å². The van der Waals surface area contributed by atoms with Gasteiger partial charge in [-0.2, -0.15) is 13.2 Å². The maximum absolute atomic E-state index is 13.7. The summed E-state index contributed by atoms with van der Waals surface area (Å²) in [6.45, 7) is 0. The first-order valence-corrected chi connectivity index (χ1v) is 8.92. The molecule has 2 aromatic rings. The summed E-state index contributed by atoms with van der Waals surface area (Å²) in [6, 6.07) is 0.155. The minimum Gasteiger partial charge on any atom is -0.332 e. The van der Waals surface area contributed by atoms with Gasteiger partial charge in [0.25, 0.3) is 11.4 Å². The molecule has 0 N–H and O–H groups in total. The zero-order valence-electron chi connectivity index (χ0n) is 15.4. The number of hydrogen-bond acceptors (Lipinski definition) is 9. The lowest BCUT2D eigenvalue weighted by molar-refractivity contribution is -0.394. The maximum Gasteiger partial charge on any atom is 0.418 e. The molecule has 33 heavy (non-hydrogen) atoms. The van der Waals surface area contributed by atoms with Gasteiger partial charge in [0.05, 0.1) is 36.3 Å². The molecule has 19 heteroatoms. The first kappa shape index (κ1) is 25.8. The fraction of sp³-hybridized carbons (Fsp3) is 0.143. The number of nitro groups is 4. The van der Waals surface area contributed by atoms with Crippen LogP contribution >= 0.6 is 34.8 Å². The van der Waals surface area contributed by atoms with Crippen LogP contribution in [0.4, 0.5) is 47.3 Å². The topological polar surface area (TPSA) is 176 Å². The molecule has 0 amide bonds. The molecule has 0 saturated heterocycles. The quantitative estimate of drug-likeness (QED) is 0.242. The van der Waals surface area contributed by atoms with Gasteiger partial charge in [-0.1, -0.05) is 34.8 Å². The lowest BCUT2D eigenvalue weighted by atomic mass is 10.1. The Labute approximate surface area is 193 Å². The van der Waals surface area contributed by atoms with E-state index in [1.165, 1.54) is 0 Å². The number of anilines is 2. The third kappa shape index (κ3) is 4.53. The normalized spacial score (nSPS) is 11.2. The summed E-state index contributed by atoms with van der Waals surface area (Å²) in [7, 11) is 0.663. The van der Waals surface area contributed by atoms with E-state index in [4.69, 9.17) is 34.8 Å². The van der Waals surface area contributed by atoms with Crippen molar-refractivity contribution < 1.29 is 32.9 Å². The van der Waals surface area contributed by atoms with Gasteiger partial charge in [0, 0.05) is 13.1 Å². The Morgan fingerprint density at radius 1 is 0.758 bits per heavy atom. The van der Waals surface area contributed by atoms with Crippen LogP contribution in [0, 0.1) is 40.5 Å². The Hall–Kier alpha value is -3.50. The van der Waals surface area contributed by atoms with E-state index >= 15 is 0 Å². The summed E-state index contributed by atoms with van der Waals surface area (Å²) >= 11 is 17.4. The van der Waals surface area contributed by atoms with Crippen LogP contribution in [0.25, 0.3) is 0 Å². The highest BCUT2D eigenvalue weighted by Crippen LogP contribution is 2.55. The highest BCUT2D eigenvalue weighted by atomic mass is 35.5. The Bertz CT molecular complexity index is 1240. The molecule has 0 radical (unpaired) electrons. The molecule has 13 nitrogen and oxygen atoms in total. The van der Waals surface area contributed by atoms with Crippen molar-refractivity contribution in [1.29, 1.82) is 0 Å². The predicted octanol–water partition coefficient (Wildman–Crippen LogP) is 6.07. The number of halogens is 6. The molecule has 0 saturated carbocycles. The molecule has 0 aromatic heterocycles. The number of rotatable bonds is 6. The SMILES string of the molecule is CN(c1c([N+](=O)[O-])cc([N+](=O)[O-])cc1C(F)(F)F)c1c(Cl)c(Cl)c([N+](=O)[O-])c(Cl)c1[N+](=O)[O-]. The summed E-state index contributed by atoms with van der Waals surface area (Å²) in [5.74, 6) is 0.